The van der Waals surface area contributed by atoms with Crippen molar-refractivity contribution in [2.24, 2.45) is 5.73 Å². The second-order valence-corrected chi connectivity index (χ2v) is 3.84. The molecule has 0 aromatic heterocycles. The third-order valence-corrected chi connectivity index (χ3v) is 2.87. The number of nitrogens with two attached hydrogens (primary N) is 1. The van der Waals surface area contributed by atoms with Gasteiger partial charge in [0, 0.05) is 6.54 Å². The summed E-state index contributed by atoms with van der Waals surface area (Å²) in [6.07, 6.45) is 4.28. The van der Waals surface area contributed by atoms with E-state index < -0.39 is 0 Å². The van der Waals surface area contributed by atoms with Gasteiger partial charge >= 0.3 is 0 Å². The molecule has 2 rings (SSSR count). The summed E-state index contributed by atoms with van der Waals surface area (Å²) in [5, 5.41) is 0. The van der Waals surface area contributed by atoms with Crippen molar-refractivity contribution in [2.45, 2.75) is 38.5 Å². The van der Waals surface area contributed by atoms with Gasteiger partial charge in [0.25, 0.3) is 0 Å². The van der Waals surface area contributed by atoms with E-state index in [0.717, 1.165) is 6.61 Å². The minimum absolute atomic E-state index is 0.501. The molecule has 1 aromatic rings. The van der Waals surface area contributed by atoms with E-state index in [1.807, 2.05) is 12.1 Å². The summed E-state index contributed by atoms with van der Waals surface area (Å²) in [6, 6.07) is 8.23. The molecule has 1 aliphatic rings. The molecule has 2 nitrogen and oxygen atoms in total. The van der Waals surface area contributed by atoms with Gasteiger partial charge < -0.3 is 10.5 Å². The molecule has 0 saturated heterocycles. The Labute approximate surface area is 85.1 Å². The zero-order chi connectivity index (χ0) is 9.80. The fourth-order valence-corrected chi connectivity index (χ4v) is 1.64. The lowest BCUT2D eigenvalue weighted by molar-refractivity contribution is -0.00893. The average molecular weight is 191 g/mol. The number of rotatable bonds is 4. The highest BCUT2D eigenvalue weighted by Crippen LogP contribution is 2.23. The van der Waals surface area contributed by atoms with Crippen molar-refractivity contribution in [3.63, 3.8) is 0 Å². The van der Waals surface area contributed by atoms with E-state index in [4.69, 9.17) is 10.5 Å². The predicted octanol–water partition coefficient (Wildman–Crippen LogP) is 2.21. The van der Waals surface area contributed by atoms with Gasteiger partial charge in [0.2, 0.25) is 0 Å². The van der Waals surface area contributed by atoms with Crippen LogP contribution in [0.25, 0.3) is 0 Å². The van der Waals surface area contributed by atoms with Crippen LogP contribution >= 0.6 is 0 Å². The standard InChI is InChI=1S/C12H17NO/c13-8-10-4-1-2-5-11(10)9-14-12-6-3-7-12/h1-2,4-5,12H,3,6-9,13H2. The van der Waals surface area contributed by atoms with Crippen LogP contribution in [0.1, 0.15) is 30.4 Å². The van der Waals surface area contributed by atoms with Crippen molar-refractivity contribution in [3.05, 3.63) is 35.4 Å². The van der Waals surface area contributed by atoms with Crippen molar-refractivity contribution in [1.29, 1.82) is 0 Å². The Morgan fingerprint density at radius 1 is 1.21 bits per heavy atom. The summed E-state index contributed by atoms with van der Waals surface area (Å²) in [5.41, 5.74) is 8.09. The van der Waals surface area contributed by atoms with Gasteiger partial charge in [-0.1, -0.05) is 24.3 Å². The molecule has 14 heavy (non-hydrogen) atoms. The highest BCUT2D eigenvalue weighted by Gasteiger charge is 2.17. The van der Waals surface area contributed by atoms with Gasteiger partial charge in [0.15, 0.2) is 0 Å². The van der Waals surface area contributed by atoms with Crippen molar-refractivity contribution in [1.82, 2.24) is 0 Å². The second kappa shape index (κ2) is 4.58. The maximum absolute atomic E-state index is 5.75. The molecule has 1 fully saturated rings. The first-order valence-corrected chi connectivity index (χ1v) is 5.28. The molecular formula is C12H17NO. The second-order valence-electron chi connectivity index (χ2n) is 3.84. The van der Waals surface area contributed by atoms with Crippen LogP contribution in [0.5, 0.6) is 0 Å². The van der Waals surface area contributed by atoms with Gasteiger partial charge in [0.05, 0.1) is 12.7 Å². The van der Waals surface area contributed by atoms with E-state index >= 15 is 0 Å². The third-order valence-electron chi connectivity index (χ3n) is 2.87. The quantitative estimate of drug-likeness (QED) is 0.792. The lowest BCUT2D eigenvalue weighted by Crippen LogP contribution is -2.21. The Morgan fingerprint density at radius 3 is 2.50 bits per heavy atom. The Bertz CT molecular complexity index is 294. The van der Waals surface area contributed by atoms with Crippen LogP contribution in [0.3, 0.4) is 0 Å². The maximum Gasteiger partial charge on any atom is 0.0723 e. The summed E-state index contributed by atoms with van der Waals surface area (Å²) in [5.74, 6) is 0. The van der Waals surface area contributed by atoms with E-state index in [9.17, 15) is 0 Å². The summed E-state index contributed by atoms with van der Waals surface area (Å²) in [6.45, 7) is 1.32. The van der Waals surface area contributed by atoms with Crippen LogP contribution in [-0.2, 0) is 17.9 Å². The molecule has 0 radical (unpaired) electrons. The first kappa shape index (κ1) is 9.69. The molecule has 1 saturated carbocycles. The molecule has 0 amide bonds. The first-order valence-electron chi connectivity index (χ1n) is 5.28. The van der Waals surface area contributed by atoms with Crippen molar-refractivity contribution >= 4 is 0 Å². The molecule has 76 valence electrons. The predicted molar refractivity (Wildman–Crippen MR) is 56.8 cm³/mol. The Balaban J connectivity index is 1.93. The smallest absolute Gasteiger partial charge is 0.0723 e. The molecule has 0 heterocycles. The van der Waals surface area contributed by atoms with Gasteiger partial charge in [-0.3, -0.25) is 0 Å². The molecule has 0 unspecified atom stereocenters. The SMILES string of the molecule is NCc1ccccc1COC1CCC1. The van der Waals surface area contributed by atoms with Gasteiger partial charge in [-0.05, 0) is 30.4 Å². The van der Waals surface area contributed by atoms with Crippen molar-refractivity contribution < 1.29 is 4.74 Å². The highest BCUT2D eigenvalue weighted by molar-refractivity contribution is 5.26. The topological polar surface area (TPSA) is 35.2 Å². The van der Waals surface area contributed by atoms with E-state index in [2.05, 4.69) is 12.1 Å². The van der Waals surface area contributed by atoms with Crippen molar-refractivity contribution in [3.8, 4) is 0 Å². The van der Waals surface area contributed by atoms with E-state index in [1.54, 1.807) is 0 Å². The zero-order valence-electron chi connectivity index (χ0n) is 8.41. The lowest BCUT2D eigenvalue weighted by atomic mass is 9.96. The number of benzene rings is 1. The molecule has 0 bridgehead atoms. The van der Waals surface area contributed by atoms with Gasteiger partial charge in [-0.15, -0.1) is 0 Å². The Kier molecular flexibility index (Phi) is 3.17. The van der Waals surface area contributed by atoms with Gasteiger partial charge in [-0.2, -0.15) is 0 Å². The fraction of sp³-hybridized carbons (Fsp3) is 0.500. The summed E-state index contributed by atoms with van der Waals surface area (Å²) in [4.78, 5) is 0. The van der Waals surface area contributed by atoms with Crippen molar-refractivity contribution in [2.75, 3.05) is 0 Å². The highest BCUT2D eigenvalue weighted by atomic mass is 16.5. The summed E-state index contributed by atoms with van der Waals surface area (Å²) in [7, 11) is 0. The monoisotopic (exact) mass is 191 g/mol. The molecule has 0 aliphatic heterocycles. The normalized spacial score (nSPS) is 16.6. The van der Waals surface area contributed by atoms with Crippen LogP contribution in [-0.4, -0.2) is 6.10 Å². The largest absolute Gasteiger partial charge is 0.374 e. The molecule has 1 aromatic carbocycles. The number of ether oxygens (including phenoxy) is 1. The summed E-state index contributed by atoms with van der Waals surface area (Å²) >= 11 is 0. The molecule has 1 aliphatic carbocycles. The lowest BCUT2D eigenvalue weighted by Gasteiger charge is -2.25. The molecule has 2 N–H and O–H groups in total. The average Bonchev–Trinajstić information content (AvgIpc) is 2.16. The van der Waals surface area contributed by atoms with E-state index in [0.29, 0.717) is 12.6 Å². The van der Waals surface area contributed by atoms with Crippen LogP contribution in [0.15, 0.2) is 24.3 Å². The van der Waals surface area contributed by atoms with Gasteiger partial charge in [0.1, 0.15) is 0 Å². The van der Waals surface area contributed by atoms with Crippen LogP contribution in [0, 0.1) is 0 Å². The minimum atomic E-state index is 0.501. The molecule has 0 atom stereocenters. The summed E-state index contributed by atoms with van der Waals surface area (Å²) < 4.78 is 5.75. The Hall–Kier alpha value is -0.860. The fourth-order valence-electron chi connectivity index (χ4n) is 1.64. The zero-order valence-corrected chi connectivity index (χ0v) is 8.41. The van der Waals surface area contributed by atoms with Crippen LogP contribution in [0.2, 0.25) is 0 Å². The maximum atomic E-state index is 5.75. The Morgan fingerprint density at radius 2 is 1.93 bits per heavy atom. The van der Waals surface area contributed by atoms with E-state index in [-0.39, 0.29) is 0 Å². The van der Waals surface area contributed by atoms with Crippen LogP contribution in [0.4, 0.5) is 0 Å². The third kappa shape index (κ3) is 2.14. The molecule has 2 heteroatoms. The molecular weight excluding hydrogens is 174 g/mol. The van der Waals surface area contributed by atoms with Crippen LogP contribution < -0.4 is 5.73 Å². The number of hydrogen-bond acceptors (Lipinski definition) is 2. The van der Waals surface area contributed by atoms with E-state index in [1.165, 1.54) is 30.4 Å². The first-order chi connectivity index (χ1) is 6.90. The minimum Gasteiger partial charge on any atom is -0.374 e. The van der Waals surface area contributed by atoms with Gasteiger partial charge in [-0.25, -0.2) is 0 Å². The number of hydrogen-bond donors (Lipinski definition) is 1. The molecule has 0 spiro atoms.